The fourth-order valence-corrected chi connectivity index (χ4v) is 2.87. The second-order valence-corrected chi connectivity index (χ2v) is 6.85. The number of hydrogen-bond acceptors (Lipinski definition) is 4. The van der Waals surface area contributed by atoms with Gasteiger partial charge in [0.05, 0.1) is 12.2 Å². The molecule has 0 saturated heterocycles. The molecule has 0 saturated carbocycles. The van der Waals surface area contributed by atoms with Crippen LogP contribution in [-0.4, -0.2) is 25.9 Å². The van der Waals surface area contributed by atoms with Crippen molar-refractivity contribution in [2.45, 2.75) is 26.4 Å². The summed E-state index contributed by atoms with van der Waals surface area (Å²) in [5.74, 6) is 2.56. The van der Waals surface area contributed by atoms with Gasteiger partial charge in [0.15, 0.2) is 0 Å². The Kier molecular flexibility index (Phi) is 7.81. The van der Waals surface area contributed by atoms with Gasteiger partial charge in [-0.15, -0.1) is 0 Å². The lowest BCUT2D eigenvalue weighted by Crippen LogP contribution is -2.25. The first-order chi connectivity index (χ1) is 14.2. The van der Waals surface area contributed by atoms with Gasteiger partial charge in [0.25, 0.3) is 0 Å². The van der Waals surface area contributed by atoms with Gasteiger partial charge in [-0.1, -0.05) is 55.0 Å². The Labute approximate surface area is 173 Å². The van der Waals surface area contributed by atoms with E-state index < -0.39 is 0 Å². The minimum atomic E-state index is 0.0761. The number of rotatable bonds is 11. The minimum absolute atomic E-state index is 0.0761. The van der Waals surface area contributed by atoms with Crippen molar-refractivity contribution in [3.8, 4) is 17.2 Å². The van der Waals surface area contributed by atoms with E-state index in [9.17, 15) is 0 Å². The molecule has 29 heavy (non-hydrogen) atoms. The van der Waals surface area contributed by atoms with Gasteiger partial charge < -0.3 is 19.5 Å². The van der Waals surface area contributed by atoms with Crippen LogP contribution in [0.15, 0.2) is 78.9 Å². The summed E-state index contributed by atoms with van der Waals surface area (Å²) in [6.45, 7) is 5.87. The lowest BCUT2D eigenvalue weighted by atomic mass is 10.2. The molecule has 1 N–H and O–H groups in total. The van der Waals surface area contributed by atoms with Crippen LogP contribution in [0.3, 0.4) is 0 Å². The van der Waals surface area contributed by atoms with Crippen LogP contribution in [-0.2, 0) is 0 Å². The van der Waals surface area contributed by atoms with Gasteiger partial charge in [-0.05, 0) is 49.7 Å². The van der Waals surface area contributed by atoms with Crippen LogP contribution in [0.2, 0.25) is 0 Å². The van der Waals surface area contributed by atoms with Crippen LogP contribution >= 0.6 is 0 Å². The van der Waals surface area contributed by atoms with Crippen molar-refractivity contribution in [3.05, 3.63) is 84.4 Å². The largest absolute Gasteiger partial charge is 0.490 e. The number of anilines is 1. The fourth-order valence-electron chi connectivity index (χ4n) is 2.87. The van der Waals surface area contributed by atoms with Crippen molar-refractivity contribution in [1.82, 2.24) is 0 Å². The van der Waals surface area contributed by atoms with Gasteiger partial charge in [0.2, 0.25) is 0 Å². The summed E-state index contributed by atoms with van der Waals surface area (Å²) in [5.41, 5.74) is 2.18. The number of nitrogens with one attached hydrogen (secondary N) is 1. The van der Waals surface area contributed by atoms with E-state index in [1.165, 1.54) is 5.56 Å². The lowest BCUT2D eigenvalue weighted by Gasteiger charge is -2.20. The summed E-state index contributed by atoms with van der Waals surface area (Å²) < 4.78 is 17.7. The topological polar surface area (TPSA) is 39.7 Å². The van der Waals surface area contributed by atoms with Crippen molar-refractivity contribution >= 4 is 5.69 Å². The Morgan fingerprint density at radius 1 is 0.759 bits per heavy atom. The fraction of sp³-hybridized carbons (Fsp3) is 0.280. The average Bonchev–Trinajstić information content (AvgIpc) is 2.77. The standard InChI is InChI=1S/C25H29NO3/c1-3-21(29-23-15-13-20(2)14-16-23)19-26-24-11-7-8-12-25(24)28-18-17-27-22-9-5-4-6-10-22/h4-16,21,26H,3,17-19H2,1-2H3/t21-/m0/s1. The highest BCUT2D eigenvalue weighted by Crippen LogP contribution is 2.24. The summed E-state index contributed by atoms with van der Waals surface area (Å²) >= 11 is 0. The van der Waals surface area contributed by atoms with Crippen LogP contribution in [0.25, 0.3) is 0 Å². The molecule has 152 valence electrons. The average molecular weight is 392 g/mol. The molecule has 3 rings (SSSR count). The highest BCUT2D eigenvalue weighted by molar-refractivity contribution is 5.56. The summed E-state index contributed by atoms with van der Waals surface area (Å²) in [5, 5.41) is 3.46. The smallest absolute Gasteiger partial charge is 0.142 e. The van der Waals surface area contributed by atoms with Crippen molar-refractivity contribution in [2.75, 3.05) is 25.1 Å². The Morgan fingerprint density at radius 2 is 1.45 bits per heavy atom. The molecule has 0 amide bonds. The van der Waals surface area contributed by atoms with E-state index in [2.05, 4.69) is 31.3 Å². The first-order valence-electron chi connectivity index (χ1n) is 10.1. The molecule has 0 spiro atoms. The molecule has 3 aromatic rings. The van der Waals surface area contributed by atoms with Crippen molar-refractivity contribution in [2.24, 2.45) is 0 Å². The second-order valence-electron chi connectivity index (χ2n) is 6.85. The maximum atomic E-state index is 6.10. The molecule has 0 fully saturated rings. The molecule has 4 heteroatoms. The number of para-hydroxylation sites is 3. The molecule has 0 heterocycles. The first-order valence-corrected chi connectivity index (χ1v) is 10.1. The summed E-state index contributed by atoms with van der Waals surface area (Å²) in [6.07, 6.45) is 0.988. The predicted molar refractivity (Wildman–Crippen MR) is 118 cm³/mol. The lowest BCUT2D eigenvalue weighted by molar-refractivity contribution is 0.208. The second kappa shape index (κ2) is 11.0. The zero-order valence-electron chi connectivity index (χ0n) is 17.1. The molecule has 0 aliphatic rings. The van der Waals surface area contributed by atoms with E-state index in [1.54, 1.807) is 0 Å². The zero-order valence-corrected chi connectivity index (χ0v) is 17.1. The third kappa shape index (κ3) is 6.75. The van der Waals surface area contributed by atoms with Gasteiger partial charge in [-0.2, -0.15) is 0 Å². The Hall–Kier alpha value is -3.14. The third-order valence-electron chi connectivity index (χ3n) is 4.54. The minimum Gasteiger partial charge on any atom is -0.490 e. The molecule has 0 aliphatic carbocycles. The van der Waals surface area contributed by atoms with Gasteiger partial charge in [-0.25, -0.2) is 0 Å². The Balaban J connectivity index is 1.49. The van der Waals surface area contributed by atoms with Crippen LogP contribution in [0, 0.1) is 6.92 Å². The molecule has 0 aliphatic heterocycles. The number of ether oxygens (including phenoxy) is 3. The van der Waals surface area contributed by atoms with E-state index in [-0.39, 0.29) is 6.10 Å². The summed E-state index contributed by atoms with van der Waals surface area (Å²) in [7, 11) is 0. The Bertz CT molecular complexity index is 849. The predicted octanol–water partition coefficient (Wildman–Crippen LogP) is 5.72. The van der Waals surface area contributed by atoms with Gasteiger partial charge in [0, 0.05) is 0 Å². The van der Waals surface area contributed by atoms with Crippen molar-refractivity contribution < 1.29 is 14.2 Å². The summed E-state index contributed by atoms with van der Waals surface area (Å²) in [6, 6.07) is 25.9. The molecule has 1 atom stereocenters. The highest BCUT2D eigenvalue weighted by atomic mass is 16.5. The summed E-state index contributed by atoms with van der Waals surface area (Å²) in [4.78, 5) is 0. The van der Waals surface area contributed by atoms with E-state index >= 15 is 0 Å². The van der Waals surface area contributed by atoms with Crippen molar-refractivity contribution in [3.63, 3.8) is 0 Å². The molecule has 0 radical (unpaired) electrons. The Morgan fingerprint density at radius 3 is 2.21 bits per heavy atom. The van der Waals surface area contributed by atoms with Crippen LogP contribution in [0.4, 0.5) is 5.69 Å². The molecule has 4 nitrogen and oxygen atoms in total. The monoisotopic (exact) mass is 391 g/mol. The van der Waals surface area contributed by atoms with Crippen LogP contribution < -0.4 is 19.5 Å². The number of hydrogen-bond donors (Lipinski definition) is 1. The molecule has 0 aromatic heterocycles. The molecule has 0 bridgehead atoms. The van der Waals surface area contributed by atoms with Gasteiger partial charge in [-0.3, -0.25) is 0 Å². The highest BCUT2D eigenvalue weighted by Gasteiger charge is 2.10. The SMILES string of the molecule is CC[C@@H](CNc1ccccc1OCCOc1ccccc1)Oc1ccc(C)cc1. The maximum absolute atomic E-state index is 6.10. The third-order valence-corrected chi connectivity index (χ3v) is 4.54. The van der Waals surface area contributed by atoms with E-state index in [4.69, 9.17) is 14.2 Å². The maximum Gasteiger partial charge on any atom is 0.142 e. The van der Waals surface area contributed by atoms with Gasteiger partial charge in [0.1, 0.15) is 36.6 Å². The molecule has 0 unspecified atom stereocenters. The van der Waals surface area contributed by atoms with Crippen LogP contribution in [0.5, 0.6) is 17.2 Å². The number of benzene rings is 3. The van der Waals surface area contributed by atoms with Crippen molar-refractivity contribution in [1.29, 1.82) is 0 Å². The zero-order chi connectivity index (χ0) is 20.3. The van der Waals surface area contributed by atoms with Crippen LogP contribution in [0.1, 0.15) is 18.9 Å². The normalized spacial score (nSPS) is 11.5. The first kappa shape index (κ1) is 20.6. The molecular formula is C25H29NO3. The van der Waals surface area contributed by atoms with E-state index in [0.717, 1.165) is 29.4 Å². The van der Waals surface area contributed by atoms with E-state index in [0.29, 0.717) is 19.8 Å². The number of aryl methyl sites for hydroxylation is 1. The molecule has 3 aromatic carbocycles. The quantitative estimate of drug-likeness (QED) is 0.424. The molecular weight excluding hydrogens is 362 g/mol. The van der Waals surface area contributed by atoms with E-state index in [1.807, 2.05) is 66.7 Å². The van der Waals surface area contributed by atoms with Gasteiger partial charge >= 0.3 is 0 Å².